The van der Waals surface area contributed by atoms with Crippen LogP contribution in [0.1, 0.15) is 58.8 Å². The lowest BCUT2D eigenvalue weighted by molar-refractivity contribution is -0.00261. The Balaban J connectivity index is 1.44. The maximum Gasteiger partial charge on any atom is 0.0136 e. The van der Waals surface area contributed by atoms with Crippen molar-refractivity contribution in [3.05, 3.63) is 0 Å². The van der Waals surface area contributed by atoms with Crippen LogP contribution in [0.3, 0.4) is 0 Å². The lowest BCUT2D eigenvalue weighted by Crippen LogP contribution is -2.55. The molecule has 1 saturated heterocycles. The van der Waals surface area contributed by atoms with Crippen molar-refractivity contribution in [1.82, 2.24) is 10.2 Å². The molecule has 0 aromatic carbocycles. The van der Waals surface area contributed by atoms with Crippen LogP contribution in [0, 0.1) is 23.7 Å². The summed E-state index contributed by atoms with van der Waals surface area (Å²) >= 11 is 0. The summed E-state index contributed by atoms with van der Waals surface area (Å²) in [6.07, 6.45) is 10.5. The first-order valence-corrected chi connectivity index (χ1v) is 9.19. The van der Waals surface area contributed by atoms with E-state index in [1.807, 2.05) is 0 Å². The summed E-state index contributed by atoms with van der Waals surface area (Å²) in [6.45, 7) is 9.88. The molecule has 1 aliphatic heterocycles. The van der Waals surface area contributed by atoms with Gasteiger partial charge in [-0.15, -0.1) is 0 Å². The van der Waals surface area contributed by atoms with Gasteiger partial charge in [-0.25, -0.2) is 0 Å². The third-order valence-corrected chi connectivity index (χ3v) is 6.13. The van der Waals surface area contributed by atoms with Crippen molar-refractivity contribution in [3.8, 4) is 0 Å². The van der Waals surface area contributed by atoms with Gasteiger partial charge in [0.2, 0.25) is 0 Å². The number of rotatable bonds is 5. The third-order valence-electron chi connectivity index (χ3n) is 6.13. The first-order valence-electron chi connectivity index (χ1n) is 9.19. The molecule has 0 amide bonds. The van der Waals surface area contributed by atoms with Crippen LogP contribution < -0.4 is 5.32 Å². The quantitative estimate of drug-likeness (QED) is 0.828. The van der Waals surface area contributed by atoms with Crippen LogP contribution in [0.4, 0.5) is 0 Å². The molecule has 3 rings (SSSR count). The molecular weight excluding hydrogens is 244 g/mol. The van der Waals surface area contributed by atoms with Crippen LogP contribution in [-0.4, -0.2) is 37.1 Å². The molecular formula is C18H34N2. The molecule has 1 heterocycles. The number of fused-ring (bicyclic) bond motifs is 1. The van der Waals surface area contributed by atoms with E-state index >= 15 is 0 Å². The summed E-state index contributed by atoms with van der Waals surface area (Å²) in [5, 5.41) is 3.69. The molecule has 0 bridgehead atoms. The van der Waals surface area contributed by atoms with Crippen LogP contribution in [0.25, 0.3) is 0 Å². The topological polar surface area (TPSA) is 15.3 Å². The molecule has 2 heteroatoms. The van der Waals surface area contributed by atoms with Gasteiger partial charge in [0.25, 0.3) is 0 Å². The van der Waals surface area contributed by atoms with Crippen molar-refractivity contribution in [2.45, 2.75) is 64.8 Å². The Bertz CT molecular complexity index is 302. The SMILES string of the molecule is CC(C)CNCC1CCC1N1CCC2CCCCC2C1. The highest BCUT2D eigenvalue weighted by atomic mass is 15.2. The molecule has 2 nitrogen and oxygen atoms in total. The standard InChI is InChI=1S/C18H34N2/c1-14(2)11-19-12-16-7-8-18(16)20-10-9-15-5-3-4-6-17(15)13-20/h14-19H,3-13H2,1-2H3. The largest absolute Gasteiger partial charge is 0.316 e. The molecule has 0 spiro atoms. The smallest absolute Gasteiger partial charge is 0.0136 e. The summed E-state index contributed by atoms with van der Waals surface area (Å²) in [4.78, 5) is 2.87. The number of nitrogens with one attached hydrogen (secondary N) is 1. The third kappa shape index (κ3) is 3.39. The van der Waals surface area contributed by atoms with Crippen molar-refractivity contribution >= 4 is 0 Å². The summed E-state index contributed by atoms with van der Waals surface area (Å²) in [6, 6.07) is 0.914. The highest BCUT2D eigenvalue weighted by molar-refractivity contribution is 4.94. The van der Waals surface area contributed by atoms with Gasteiger partial charge < -0.3 is 5.32 Å². The van der Waals surface area contributed by atoms with Gasteiger partial charge in [-0.2, -0.15) is 0 Å². The maximum absolute atomic E-state index is 3.69. The van der Waals surface area contributed by atoms with Crippen molar-refractivity contribution in [1.29, 1.82) is 0 Å². The molecule has 0 aromatic rings. The maximum atomic E-state index is 3.69. The second-order valence-electron chi connectivity index (χ2n) is 8.05. The molecule has 3 fully saturated rings. The Morgan fingerprint density at radius 1 is 1.00 bits per heavy atom. The molecule has 3 aliphatic rings. The Hall–Kier alpha value is -0.0800. The van der Waals surface area contributed by atoms with Gasteiger partial charge >= 0.3 is 0 Å². The van der Waals surface area contributed by atoms with Gasteiger partial charge in [-0.05, 0) is 69.0 Å². The molecule has 0 radical (unpaired) electrons. The summed E-state index contributed by atoms with van der Waals surface area (Å²) in [5.74, 6) is 3.85. The minimum absolute atomic E-state index is 0.784. The fourth-order valence-corrected chi connectivity index (χ4v) is 4.76. The van der Waals surface area contributed by atoms with Gasteiger partial charge in [0.15, 0.2) is 0 Å². The zero-order chi connectivity index (χ0) is 13.9. The predicted octanol–water partition coefficient (Wildman–Crippen LogP) is 3.52. The lowest BCUT2D eigenvalue weighted by Gasteiger charge is -2.50. The van der Waals surface area contributed by atoms with E-state index in [0.717, 1.165) is 29.7 Å². The minimum atomic E-state index is 0.784. The normalized spacial score (nSPS) is 38.5. The van der Waals surface area contributed by atoms with E-state index < -0.39 is 0 Å². The van der Waals surface area contributed by atoms with Crippen LogP contribution in [0.5, 0.6) is 0 Å². The average molecular weight is 278 g/mol. The molecule has 2 saturated carbocycles. The molecule has 20 heavy (non-hydrogen) atoms. The Morgan fingerprint density at radius 3 is 2.50 bits per heavy atom. The van der Waals surface area contributed by atoms with E-state index in [9.17, 15) is 0 Å². The molecule has 1 N–H and O–H groups in total. The zero-order valence-corrected chi connectivity index (χ0v) is 13.6. The van der Waals surface area contributed by atoms with Crippen LogP contribution in [0.2, 0.25) is 0 Å². The van der Waals surface area contributed by atoms with E-state index in [1.165, 1.54) is 71.1 Å². The van der Waals surface area contributed by atoms with Crippen LogP contribution in [0.15, 0.2) is 0 Å². The highest BCUT2D eigenvalue weighted by Crippen LogP contribution is 2.40. The van der Waals surface area contributed by atoms with Crippen molar-refractivity contribution in [3.63, 3.8) is 0 Å². The van der Waals surface area contributed by atoms with E-state index in [1.54, 1.807) is 0 Å². The van der Waals surface area contributed by atoms with Gasteiger partial charge in [0, 0.05) is 12.6 Å². The average Bonchev–Trinajstić information content (AvgIpc) is 2.42. The molecule has 0 aromatic heterocycles. The van der Waals surface area contributed by atoms with Gasteiger partial charge in [-0.1, -0.05) is 33.1 Å². The van der Waals surface area contributed by atoms with E-state index in [4.69, 9.17) is 0 Å². The fraction of sp³-hybridized carbons (Fsp3) is 1.00. The summed E-state index contributed by atoms with van der Waals surface area (Å²) in [7, 11) is 0. The number of piperidine rings is 1. The number of nitrogens with zero attached hydrogens (tertiary/aromatic N) is 1. The second-order valence-corrected chi connectivity index (χ2v) is 8.05. The predicted molar refractivity (Wildman–Crippen MR) is 85.9 cm³/mol. The first kappa shape index (κ1) is 14.8. The fourth-order valence-electron chi connectivity index (χ4n) is 4.76. The van der Waals surface area contributed by atoms with Crippen molar-refractivity contribution in [2.75, 3.05) is 26.2 Å². The van der Waals surface area contributed by atoms with E-state index in [0.29, 0.717) is 0 Å². The number of hydrogen-bond donors (Lipinski definition) is 1. The Kier molecular flexibility index (Phi) is 5.04. The second kappa shape index (κ2) is 6.79. The first-order chi connectivity index (χ1) is 9.74. The van der Waals surface area contributed by atoms with Crippen molar-refractivity contribution < 1.29 is 0 Å². The zero-order valence-electron chi connectivity index (χ0n) is 13.6. The van der Waals surface area contributed by atoms with Gasteiger partial charge in [0.05, 0.1) is 0 Å². The van der Waals surface area contributed by atoms with Crippen molar-refractivity contribution in [2.24, 2.45) is 23.7 Å². The van der Waals surface area contributed by atoms with E-state index in [-0.39, 0.29) is 0 Å². The van der Waals surface area contributed by atoms with Gasteiger partial charge in [0.1, 0.15) is 0 Å². The Labute approximate surface area is 125 Å². The molecule has 2 aliphatic carbocycles. The van der Waals surface area contributed by atoms with Crippen LogP contribution in [-0.2, 0) is 0 Å². The number of likely N-dealkylation sites (tertiary alicyclic amines) is 1. The molecule has 4 atom stereocenters. The monoisotopic (exact) mass is 278 g/mol. The van der Waals surface area contributed by atoms with E-state index in [2.05, 4.69) is 24.1 Å². The summed E-state index contributed by atoms with van der Waals surface area (Å²) < 4.78 is 0. The molecule has 116 valence electrons. The highest BCUT2D eigenvalue weighted by Gasteiger charge is 2.39. The Morgan fingerprint density at radius 2 is 1.80 bits per heavy atom. The lowest BCUT2D eigenvalue weighted by atomic mass is 9.72. The van der Waals surface area contributed by atoms with Crippen LogP contribution >= 0.6 is 0 Å². The number of hydrogen-bond acceptors (Lipinski definition) is 2. The summed E-state index contributed by atoms with van der Waals surface area (Å²) in [5.41, 5.74) is 0. The molecule has 4 unspecified atom stereocenters. The van der Waals surface area contributed by atoms with Gasteiger partial charge in [-0.3, -0.25) is 4.90 Å². The minimum Gasteiger partial charge on any atom is -0.316 e.